The van der Waals surface area contributed by atoms with Crippen molar-refractivity contribution in [3.05, 3.63) is 17.5 Å². The number of rotatable bonds is 4. The first-order chi connectivity index (χ1) is 12.0. The van der Waals surface area contributed by atoms with E-state index in [1.807, 2.05) is 0 Å². The third-order valence-corrected chi connectivity index (χ3v) is 4.95. The first kappa shape index (κ1) is 16.3. The Morgan fingerprint density at radius 2 is 2.08 bits per heavy atom. The Bertz CT molecular complexity index is 792. The fraction of sp³-hybridized carbons (Fsp3) is 0.600. The summed E-state index contributed by atoms with van der Waals surface area (Å²) in [6, 6.07) is 0.0146. The van der Waals surface area contributed by atoms with Crippen molar-refractivity contribution < 1.29 is 13.9 Å². The number of anilines is 1. The van der Waals surface area contributed by atoms with Crippen LogP contribution in [0.25, 0.3) is 11.4 Å². The standard InChI is InChI=1S/C15H19F2N7O/c1-7-12(10-5-24(22-21-10)9-3-18-4-9)19-15(20-13(7)14(16)17)23-6-11(25)8(23)2/h5,8-9,11,14,18,25H,3-4,6H2,1-2H3/t8-,11+/m0/s1. The van der Waals surface area contributed by atoms with E-state index in [9.17, 15) is 13.9 Å². The molecule has 2 fully saturated rings. The molecule has 2 saturated heterocycles. The van der Waals surface area contributed by atoms with E-state index < -0.39 is 12.5 Å². The molecule has 0 radical (unpaired) electrons. The summed E-state index contributed by atoms with van der Waals surface area (Å²) in [6.45, 7) is 5.31. The normalized spacial score (nSPS) is 23.7. The second-order valence-corrected chi connectivity index (χ2v) is 6.54. The molecule has 10 heteroatoms. The molecule has 2 N–H and O–H groups in total. The fourth-order valence-electron chi connectivity index (χ4n) is 2.99. The van der Waals surface area contributed by atoms with Gasteiger partial charge >= 0.3 is 0 Å². The number of nitrogens with zero attached hydrogens (tertiary/aromatic N) is 6. The van der Waals surface area contributed by atoms with Gasteiger partial charge in [0.1, 0.15) is 17.1 Å². The van der Waals surface area contributed by atoms with E-state index >= 15 is 0 Å². The van der Waals surface area contributed by atoms with Gasteiger partial charge in [-0.2, -0.15) is 0 Å². The summed E-state index contributed by atoms with van der Waals surface area (Å²) < 4.78 is 28.6. The number of hydrogen-bond acceptors (Lipinski definition) is 7. The Kier molecular flexibility index (Phi) is 3.88. The van der Waals surface area contributed by atoms with Crippen molar-refractivity contribution in [2.45, 2.75) is 38.5 Å². The van der Waals surface area contributed by atoms with Gasteiger partial charge in [-0.1, -0.05) is 5.21 Å². The number of alkyl halides is 2. The average molecular weight is 351 g/mol. The maximum Gasteiger partial charge on any atom is 0.280 e. The van der Waals surface area contributed by atoms with E-state index in [0.717, 1.165) is 13.1 Å². The monoisotopic (exact) mass is 351 g/mol. The zero-order valence-electron chi connectivity index (χ0n) is 13.9. The molecule has 2 aromatic rings. The smallest absolute Gasteiger partial charge is 0.280 e. The van der Waals surface area contributed by atoms with Gasteiger partial charge in [0.25, 0.3) is 6.43 Å². The SMILES string of the molecule is Cc1c(-c2cn(C3CNC3)nn2)nc(N2C[C@@H](O)[C@@H]2C)nc1C(F)F. The number of aromatic nitrogens is 5. The van der Waals surface area contributed by atoms with Crippen LogP contribution < -0.4 is 10.2 Å². The fourth-order valence-corrected chi connectivity index (χ4v) is 2.99. The van der Waals surface area contributed by atoms with Crippen LogP contribution >= 0.6 is 0 Å². The minimum Gasteiger partial charge on any atom is -0.389 e. The van der Waals surface area contributed by atoms with Gasteiger partial charge in [-0.25, -0.2) is 23.4 Å². The number of aliphatic hydroxyl groups is 1. The lowest BCUT2D eigenvalue weighted by molar-refractivity contribution is 0.0974. The average Bonchev–Trinajstić information content (AvgIpc) is 3.00. The molecule has 0 aromatic carbocycles. The zero-order valence-corrected chi connectivity index (χ0v) is 13.9. The molecule has 2 atom stereocenters. The van der Waals surface area contributed by atoms with Crippen LogP contribution in [0.1, 0.15) is 30.6 Å². The molecule has 8 nitrogen and oxygen atoms in total. The summed E-state index contributed by atoms with van der Waals surface area (Å²) in [5, 5.41) is 21.0. The number of β-amino-alcohol motifs (C(OH)–C–C–N with tert-alkyl or cyclic N) is 1. The van der Waals surface area contributed by atoms with Crippen molar-refractivity contribution in [1.29, 1.82) is 0 Å². The van der Waals surface area contributed by atoms with Gasteiger partial charge in [0.2, 0.25) is 5.95 Å². The second kappa shape index (κ2) is 5.95. The lowest BCUT2D eigenvalue weighted by Gasteiger charge is -2.43. The molecule has 2 aliphatic heterocycles. The van der Waals surface area contributed by atoms with E-state index in [1.165, 1.54) is 0 Å². The maximum absolute atomic E-state index is 13.5. The summed E-state index contributed by atoms with van der Waals surface area (Å²) >= 11 is 0. The van der Waals surface area contributed by atoms with Gasteiger partial charge in [0.15, 0.2) is 0 Å². The Balaban J connectivity index is 1.75. The van der Waals surface area contributed by atoms with Crippen molar-refractivity contribution in [3.8, 4) is 11.4 Å². The number of halogens is 2. The van der Waals surface area contributed by atoms with Gasteiger partial charge < -0.3 is 15.3 Å². The van der Waals surface area contributed by atoms with E-state index in [0.29, 0.717) is 23.5 Å². The third kappa shape index (κ3) is 2.65. The largest absolute Gasteiger partial charge is 0.389 e. The molecule has 0 amide bonds. The Hall–Kier alpha value is -2.20. The van der Waals surface area contributed by atoms with Crippen molar-refractivity contribution in [3.63, 3.8) is 0 Å². The first-order valence-corrected chi connectivity index (χ1v) is 8.20. The summed E-state index contributed by atoms with van der Waals surface area (Å²) in [6.07, 6.45) is -1.49. The minimum absolute atomic E-state index is 0.188. The molecular formula is C15H19F2N7O. The molecule has 2 aliphatic rings. The van der Waals surface area contributed by atoms with Crippen LogP contribution in [0.15, 0.2) is 6.20 Å². The van der Waals surface area contributed by atoms with Gasteiger partial charge in [0, 0.05) is 25.2 Å². The predicted octanol–water partition coefficient (Wildman–Crippen LogP) is 0.695. The molecule has 0 saturated carbocycles. The van der Waals surface area contributed by atoms with Crippen LogP contribution in [-0.4, -0.2) is 61.8 Å². The molecule has 0 aliphatic carbocycles. The van der Waals surface area contributed by atoms with E-state index in [4.69, 9.17) is 0 Å². The highest BCUT2D eigenvalue weighted by molar-refractivity contribution is 5.61. The van der Waals surface area contributed by atoms with Crippen LogP contribution in [-0.2, 0) is 0 Å². The maximum atomic E-state index is 13.5. The van der Waals surface area contributed by atoms with Gasteiger partial charge in [-0.05, 0) is 13.8 Å². The zero-order chi connectivity index (χ0) is 17.7. The van der Waals surface area contributed by atoms with Crippen LogP contribution in [0.4, 0.5) is 14.7 Å². The molecule has 4 rings (SSSR count). The molecule has 0 spiro atoms. The Labute approximate surface area is 142 Å². The highest BCUT2D eigenvalue weighted by Crippen LogP contribution is 2.32. The molecule has 2 aromatic heterocycles. The molecule has 134 valence electrons. The van der Waals surface area contributed by atoms with Crippen molar-refractivity contribution in [2.24, 2.45) is 0 Å². The first-order valence-electron chi connectivity index (χ1n) is 8.20. The molecule has 25 heavy (non-hydrogen) atoms. The summed E-state index contributed by atoms with van der Waals surface area (Å²) in [5.74, 6) is 0.188. The second-order valence-electron chi connectivity index (χ2n) is 6.54. The quantitative estimate of drug-likeness (QED) is 0.837. The number of aliphatic hydroxyl groups excluding tert-OH is 1. The Morgan fingerprint density at radius 1 is 1.32 bits per heavy atom. The summed E-state index contributed by atoms with van der Waals surface area (Å²) in [4.78, 5) is 10.2. The van der Waals surface area contributed by atoms with Crippen LogP contribution in [0.3, 0.4) is 0 Å². The highest BCUT2D eigenvalue weighted by atomic mass is 19.3. The lowest BCUT2D eigenvalue weighted by atomic mass is 10.0. The van der Waals surface area contributed by atoms with Crippen molar-refractivity contribution in [1.82, 2.24) is 30.3 Å². The predicted molar refractivity (Wildman–Crippen MR) is 85.5 cm³/mol. The minimum atomic E-state index is -2.71. The van der Waals surface area contributed by atoms with Gasteiger partial charge in [0.05, 0.1) is 24.4 Å². The Morgan fingerprint density at radius 3 is 2.64 bits per heavy atom. The molecule has 4 heterocycles. The molecule has 0 bridgehead atoms. The topological polar surface area (TPSA) is 92.0 Å². The van der Waals surface area contributed by atoms with E-state index in [1.54, 1.807) is 29.6 Å². The van der Waals surface area contributed by atoms with Gasteiger partial charge in [-0.3, -0.25) is 0 Å². The van der Waals surface area contributed by atoms with Crippen molar-refractivity contribution >= 4 is 5.95 Å². The number of hydrogen-bond donors (Lipinski definition) is 2. The summed E-state index contributed by atoms with van der Waals surface area (Å²) in [5.41, 5.74) is 0.788. The highest BCUT2D eigenvalue weighted by Gasteiger charge is 2.37. The van der Waals surface area contributed by atoms with Crippen LogP contribution in [0.2, 0.25) is 0 Å². The molecule has 0 unspecified atom stereocenters. The van der Waals surface area contributed by atoms with E-state index in [2.05, 4.69) is 25.6 Å². The van der Waals surface area contributed by atoms with Crippen LogP contribution in [0, 0.1) is 6.92 Å². The lowest BCUT2D eigenvalue weighted by Crippen LogP contribution is -2.59. The van der Waals surface area contributed by atoms with E-state index in [-0.39, 0.29) is 23.7 Å². The molecular weight excluding hydrogens is 332 g/mol. The van der Waals surface area contributed by atoms with Crippen LogP contribution in [0.5, 0.6) is 0 Å². The third-order valence-electron chi connectivity index (χ3n) is 4.95. The van der Waals surface area contributed by atoms with Crippen molar-refractivity contribution in [2.75, 3.05) is 24.5 Å². The summed E-state index contributed by atoms with van der Waals surface area (Å²) in [7, 11) is 0. The van der Waals surface area contributed by atoms with Gasteiger partial charge in [-0.15, -0.1) is 5.10 Å². The number of nitrogens with one attached hydrogen (secondary N) is 1.